The number of nitrogens with zero attached hydrogens (tertiary/aromatic N) is 1. The summed E-state index contributed by atoms with van der Waals surface area (Å²) in [5.41, 5.74) is 6.25. The highest BCUT2D eigenvalue weighted by Crippen LogP contribution is 2.51. The number of nitrogens with one attached hydrogen (secondary N) is 1. The van der Waals surface area contributed by atoms with Crippen molar-refractivity contribution in [1.82, 2.24) is 10.3 Å². The van der Waals surface area contributed by atoms with Gasteiger partial charge in [-0.15, -0.1) is 0 Å². The van der Waals surface area contributed by atoms with Crippen LogP contribution in [0, 0.1) is 0 Å². The number of fused-ring (bicyclic) bond motifs is 2. The molecular formula is C18H16N2O. The smallest absolute Gasteiger partial charge is 0.252 e. The third-order valence-electron chi connectivity index (χ3n) is 4.25. The van der Waals surface area contributed by atoms with Crippen molar-refractivity contribution < 1.29 is 4.79 Å². The average molecular weight is 276 g/mol. The molecule has 1 saturated carbocycles. The molecule has 0 unspecified atom stereocenters. The van der Waals surface area contributed by atoms with Gasteiger partial charge in [0, 0.05) is 11.8 Å². The van der Waals surface area contributed by atoms with Gasteiger partial charge in [-0.2, -0.15) is 0 Å². The number of hydrogen-bond acceptors (Lipinski definition) is 2. The van der Waals surface area contributed by atoms with Crippen molar-refractivity contribution >= 4 is 5.91 Å². The number of pyridine rings is 1. The summed E-state index contributed by atoms with van der Waals surface area (Å²) >= 11 is 0. The predicted octanol–water partition coefficient (Wildman–Crippen LogP) is 2.94. The van der Waals surface area contributed by atoms with Gasteiger partial charge in [-0.3, -0.25) is 9.78 Å². The van der Waals surface area contributed by atoms with E-state index in [9.17, 15) is 4.79 Å². The van der Waals surface area contributed by atoms with Crippen LogP contribution < -0.4 is 5.32 Å². The molecule has 0 bridgehead atoms. The van der Waals surface area contributed by atoms with E-state index in [1.807, 2.05) is 38.1 Å². The topological polar surface area (TPSA) is 42.0 Å². The summed E-state index contributed by atoms with van der Waals surface area (Å²) < 4.78 is 0. The molecule has 0 aliphatic heterocycles. The molecule has 3 nitrogen and oxygen atoms in total. The Bertz CT molecular complexity index is 777. The van der Waals surface area contributed by atoms with Gasteiger partial charge in [0.1, 0.15) is 0 Å². The van der Waals surface area contributed by atoms with E-state index in [2.05, 4.69) is 22.5 Å². The molecule has 3 aliphatic carbocycles. The largest absolute Gasteiger partial charge is 0.341 e. The fourth-order valence-electron chi connectivity index (χ4n) is 2.98. The zero-order valence-corrected chi connectivity index (χ0v) is 12.1. The molecule has 3 aliphatic rings. The summed E-state index contributed by atoms with van der Waals surface area (Å²) in [7, 11) is 0. The molecule has 1 amide bonds. The first kappa shape index (κ1) is 12.3. The Labute approximate surface area is 123 Å². The number of aromatic nitrogens is 1. The van der Waals surface area contributed by atoms with E-state index >= 15 is 0 Å². The Morgan fingerprint density at radius 2 is 2.10 bits per heavy atom. The maximum Gasteiger partial charge on any atom is 0.252 e. The first-order chi connectivity index (χ1) is 10.1. The number of rotatable bonds is 3. The van der Waals surface area contributed by atoms with E-state index in [0.717, 1.165) is 23.3 Å². The molecule has 104 valence electrons. The Hall–Kier alpha value is -2.42. The van der Waals surface area contributed by atoms with Gasteiger partial charge < -0.3 is 5.32 Å². The van der Waals surface area contributed by atoms with Gasteiger partial charge in [0.2, 0.25) is 0 Å². The molecule has 1 N–H and O–H groups in total. The van der Waals surface area contributed by atoms with Gasteiger partial charge in [0.05, 0.1) is 11.2 Å². The van der Waals surface area contributed by atoms with Crippen molar-refractivity contribution in [3.8, 4) is 0 Å². The second kappa shape index (κ2) is 4.04. The SMILES string of the molecule is CC(C)(NC(=O)C1=C2C=C3CC3=C2C=C1)c1ccccn1. The van der Waals surface area contributed by atoms with Crippen LogP contribution >= 0.6 is 0 Å². The second-order valence-corrected chi connectivity index (χ2v) is 6.19. The highest BCUT2D eigenvalue weighted by Gasteiger charge is 2.36. The normalized spacial score (nSPS) is 18.7. The van der Waals surface area contributed by atoms with Crippen LogP contribution in [0.2, 0.25) is 0 Å². The lowest BCUT2D eigenvalue weighted by atomic mass is 9.98. The van der Waals surface area contributed by atoms with Gasteiger partial charge in [-0.1, -0.05) is 12.1 Å². The monoisotopic (exact) mass is 276 g/mol. The van der Waals surface area contributed by atoms with Gasteiger partial charge in [-0.05, 0) is 66.8 Å². The molecule has 0 aromatic carbocycles. The van der Waals surface area contributed by atoms with E-state index in [1.165, 1.54) is 16.7 Å². The molecule has 0 spiro atoms. The number of amides is 1. The van der Waals surface area contributed by atoms with Crippen molar-refractivity contribution in [2.45, 2.75) is 25.8 Å². The molecule has 0 saturated heterocycles. The minimum absolute atomic E-state index is 0.0364. The third-order valence-corrected chi connectivity index (χ3v) is 4.25. The first-order valence-electron chi connectivity index (χ1n) is 7.17. The highest BCUT2D eigenvalue weighted by molar-refractivity contribution is 6.02. The van der Waals surface area contributed by atoms with Crippen molar-refractivity contribution in [2.75, 3.05) is 0 Å². The fraction of sp³-hybridized carbons (Fsp3) is 0.222. The zero-order valence-electron chi connectivity index (χ0n) is 12.1. The van der Waals surface area contributed by atoms with Crippen molar-refractivity contribution in [2.24, 2.45) is 0 Å². The molecule has 1 aromatic rings. The number of allylic oxidation sites excluding steroid dienone is 6. The lowest BCUT2D eigenvalue weighted by Gasteiger charge is -2.26. The molecule has 21 heavy (non-hydrogen) atoms. The van der Waals surface area contributed by atoms with Gasteiger partial charge in [0.15, 0.2) is 0 Å². The van der Waals surface area contributed by atoms with Crippen molar-refractivity contribution in [1.29, 1.82) is 0 Å². The van der Waals surface area contributed by atoms with Crippen LogP contribution in [-0.4, -0.2) is 10.9 Å². The van der Waals surface area contributed by atoms with Crippen LogP contribution in [0.15, 0.2) is 70.5 Å². The van der Waals surface area contributed by atoms with Gasteiger partial charge in [-0.25, -0.2) is 0 Å². The van der Waals surface area contributed by atoms with Crippen LogP contribution in [0.5, 0.6) is 0 Å². The summed E-state index contributed by atoms with van der Waals surface area (Å²) in [4.78, 5) is 16.9. The molecule has 1 aromatic heterocycles. The van der Waals surface area contributed by atoms with Crippen LogP contribution in [0.1, 0.15) is 26.0 Å². The maximum absolute atomic E-state index is 12.6. The summed E-state index contributed by atoms with van der Waals surface area (Å²) in [6, 6.07) is 5.74. The highest BCUT2D eigenvalue weighted by atomic mass is 16.1. The zero-order chi connectivity index (χ0) is 14.6. The van der Waals surface area contributed by atoms with Gasteiger partial charge >= 0.3 is 0 Å². The average Bonchev–Trinajstić information content (AvgIpc) is 2.94. The lowest BCUT2D eigenvalue weighted by Crippen LogP contribution is -2.42. The molecule has 3 heteroatoms. The number of carbonyl (C=O) groups excluding carboxylic acids is 1. The summed E-state index contributed by atoms with van der Waals surface area (Å²) in [6.45, 7) is 3.95. The van der Waals surface area contributed by atoms with Crippen LogP contribution in [0.4, 0.5) is 0 Å². The van der Waals surface area contributed by atoms with E-state index in [1.54, 1.807) is 6.20 Å². The summed E-state index contributed by atoms with van der Waals surface area (Å²) in [6.07, 6.45) is 8.97. The molecule has 0 radical (unpaired) electrons. The van der Waals surface area contributed by atoms with E-state index in [4.69, 9.17) is 0 Å². The predicted molar refractivity (Wildman–Crippen MR) is 81.3 cm³/mol. The Kier molecular flexibility index (Phi) is 2.37. The van der Waals surface area contributed by atoms with E-state index in [-0.39, 0.29) is 5.91 Å². The quantitative estimate of drug-likeness (QED) is 0.922. The van der Waals surface area contributed by atoms with Crippen LogP contribution in [0.25, 0.3) is 0 Å². The second-order valence-electron chi connectivity index (χ2n) is 6.19. The Balaban J connectivity index is 1.61. The van der Waals surface area contributed by atoms with Crippen molar-refractivity contribution in [3.63, 3.8) is 0 Å². The minimum Gasteiger partial charge on any atom is -0.341 e. The lowest BCUT2D eigenvalue weighted by molar-refractivity contribution is -0.118. The third kappa shape index (κ3) is 1.88. The number of hydrogen-bond donors (Lipinski definition) is 1. The minimum atomic E-state index is -0.496. The fourth-order valence-corrected chi connectivity index (χ4v) is 2.98. The maximum atomic E-state index is 12.6. The molecule has 4 rings (SSSR count). The molecule has 0 atom stereocenters. The number of carbonyl (C=O) groups is 1. The van der Waals surface area contributed by atoms with Crippen molar-refractivity contribution in [3.05, 3.63) is 76.2 Å². The molecule has 1 fully saturated rings. The summed E-state index contributed by atoms with van der Waals surface area (Å²) in [5.74, 6) is -0.0364. The Morgan fingerprint density at radius 3 is 2.86 bits per heavy atom. The van der Waals surface area contributed by atoms with Crippen LogP contribution in [0.3, 0.4) is 0 Å². The first-order valence-corrected chi connectivity index (χ1v) is 7.17. The van der Waals surface area contributed by atoms with Gasteiger partial charge in [0.25, 0.3) is 5.91 Å². The standard InChI is InChI=1S/C18H16N2O/c1-18(2,16-5-3-4-8-19-16)20-17(21)13-7-6-12-14-9-11(14)10-15(12)13/h3-8,10H,9H2,1-2H3,(H,20,21). The Morgan fingerprint density at radius 1 is 1.24 bits per heavy atom. The van der Waals surface area contributed by atoms with E-state index < -0.39 is 5.54 Å². The molecular weight excluding hydrogens is 260 g/mol. The van der Waals surface area contributed by atoms with Crippen LogP contribution in [-0.2, 0) is 10.3 Å². The molecule has 1 heterocycles. The van der Waals surface area contributed by atoms with E-state index in [0.29, 0.717) is 0 Å². The summed E-state index contributed by atoms with van der Waals surface area (Å²) in [5, 5.41) is 3.09.